The molecule has 0 saturated carbocycles. The van der Waals surface area contributed by atoms with Gasteiger partial charge in [0.05, 0.1) is 12.7 Å². The van der Waals surface area contributed by atoms with Crippen molar-refractivity contribution < 1.29 is 14.3 Å². The Morgan fingerprint density at radius 2 is 1.86 bits per heavy atom. The summed E-state index contributed by atoms with van der Waals surface area (Å²) in [4.78, 5) is 30.2. The zero-order chi connectivity index (χ0) is 20.5. The molecule has 0 spiro atoms. The molecule has 148 valence electrons. The molecule has 0 bridgehead atoms. The van der Waals surface area contributed by atoms with E-state index >= 15 is 0 Å². The van der Waals surface area contributed by atoms with E-state index in [-0.39, 0.29) is 11.8 Å². The van der Waals surface area contributed by atoms with E-state index in [1.54, 1.807) is 19.2 Å². The first-order chi connectivity index (χ1) is 14.1. The Balaban J connectivity index is 1.83. The third-order valence-corrected chi connectivity index (χ3v) is 5.59. The van der Waals surface area contributed by atoms with E-state index in [1.165, 1.54) is 4.90 Å². The van der Waals surface area contributed by atoms with Crippen molar-refractivity contribution in [1.29, 1.82) is 0 Å². The molecule has 0 aromatic heterocycles. The fourth-order valence-corrected chi connectivity index (χ4v) is 3.99. The first-order valence-corrected chi connectivity index (χ1v) is 9.78. The first-order valence-electron chi connectivity index (χ1n) is 9.78. The van der Waals surface area contributed by atoms with Gasteiger partial charge in [-0.25, -0.2) is 0 Å². The fraction of sp³-hybridized carbons (Fsp3) is 0.273. The minimum absolute atomic E-state index is 0.237. The van der Waals surface area contributed by atoms with Crippen molar-refractivity contribution in [3.63, 3.8) is 0 Å². The Labute approximate surface area is 170 Å². The van der Waals surface area contributed by atoms with Crippen LogP contribution in [0.5, 0.6) is 5.75 Å². The van der Waals surface area contributed by atoms with E-state index in [2.05, 4.69) is 10.1 Å². The van der Waals surface area contributed by atoms with Crippen LogP contribution in [0.15, 0.2) is 42.5 Å². The second-order valence-corrected chi connectivity index (χ2v) is 7.38. The maximum absolute atomic E-state index is 13.5. The van der Waals surface area contributed by atoms with Gasteiger partial charge >= 0.3 is 0 Å². The van der Waals surface area contributed by atoms with Crippen molar-refractivity contribution in [1.82, 2.24) is 15.0 Å². The summed E-state index contributed by atoms with van der Waals surface area (Å²) in [5.74, 6) is 0.184. The van der Waals surface area contributed by atoms with Gasteiger partial charge in [0.1, 0.15) is 5.75 Å². The number of methoxy groups -OCH3 is 1. The van der Waals surface area contributed by atoms with Crippen molar-refractivity contribution in [3.05, 3.63) is 53.6 Å². The van der Waals surface area contributed by atoms with Crippen molar-refractivity contribution in [2.75, 3.05) is 40.3 Å². The maximum atomic E-state index is 13.5. The Kier molecular flexibility index (Phi) is 5.26. The largest absolute Gasteiger partial charge is 0.496 e. The van der Waals surface area contributed by atoms with E-state index < -0.39 is 0 Å². The van der Waals surface area contributed by atoms with E-state index in [1.807, 2.05) is 45.4 Å². The van der Waals surface area contributed by atoms with Crippen LogP contribution in [0.1, 0.15) is 20.7 Å². The lowest BCUT2D eigenvalue weighted by molar-refractivity contribution is 0.0599. The molecule has 2 amide bonds. The van der Waals surface area contributed by atoms with Crippen molar-refractivity contribution in [2.45, 2.75) is 0 Å². The fourth-order valence-electron chi connectivity index (χ4n) is 3.99. The molecule has 1 N–H and O–H groups in total. The van der Waals surface area contributed by atoms with Crippen molar-refractivity contribution in [2.24, 2.45) is 0 Å². The van der Waals surface area contributed by atoms with E-state index in [0.717, 1.165) is 29.2 Å². The van der Waals surface area contributed by atoms with Gasteiger partial charge in [-0.2, -0.15) is 0 Å². The van der Waals surface area contributed by atoms with E-state index in [9.17, 15) is 9.59 Å². The molecule has 0 radical (unpaired) electrons. The zero-order valence-electron chi connectivity index (χ0n) is 17.0. The first kappa shape index (κ1) is 19.4. The monoisotopic (exact) mass is 389 g/mol. The van der Waals surface area contributed by atoms with Gasteiger partial charge in [0.2, 0.25) is 0 Å². The Bertz CT molecular complexity index is 1120. The molecule has 3 aromatic rings. The number of carbonyl (C=O) groups is 2. The second-order valence-electron chi connectivity index (χ2n) is 7.38. The standard InChI is InChI=1S/C22H24BN3O3/c1-25(10-9-24-23)11-12-26-21(27)16-7-8-18(29-2)17-13-14-5-3-4-6-15(14)20(19(16)17)22(26)28/h3-8,13,24H,9-12,23H2,1-2H3. The molecule has 3 aromatic carbocycles. The van der Waals surface area contributed by atoms with Gasteiger partial charge in [-0.05, 0) is 42.6 Å². The molecule has 1 aliphatic heterocycles. The molecule has 1 heterocycles. The average Bonchev–Trinajstić information content (AvgIpc) is 2.74. The van der Waals surface area contributed by atoms with Crippen LogP contribution in [0.4, 0.5) is 0 Å². The van der Waals surface area contributed by atoms with Crippen LogP contribution in [-0.2, 0) is 0 Å². The summed E-state index contributed by atoms with van der Waals surface area (Å²) in [5.41, 5.74) is 1.14. The Hall–Kier alpha value is -2.90. The SMILES string of the molecule is BNCCN(C)CCN1C(=O)c2ccc(OC)c3cc4ccccc4c(c23)C1=O. The van der Waals surface area contributed by atoms with Crippen LogP contribution >= 0.6 is 0 Å². The number of nitrogens with zero attached hydrogens (tertiary/aromatic N) is 2. The van der Waals surface area contributed by atoms with Crippen LogP contribution in [0.2, 0.25) is 0 Å². The minimum Gasteiger partial charge on any atom is -0.496 e. The Morgan fingerprint density at radius 1 is 1.07 bits per heavy atom. The molecule has 0 saturated heterocycles. The number of likely N-dealkylation sites (N-methyl/N-ethyl adjacent to an activating group) is 1. The third-order valence-electron chi connectivity index (χ3n) is 5.59. The number of fused-ring (bicyclic) bond motifs is 2. The summed E-state index contributed by atoms with van der Waals surface area (Å²) in [7, 11) is 5.50. The number of amides is 2. The molecule has 6 nitrogen and oxygen atoms in total. The highest BCUT2D eigenvalue weighted by molar-refractivity contribution is 6.31. The summed E-state index contributed by atoms with van der Waals surface area (Å²) >= 11 is 0. The molecule has 0 atom stereocenters. The maximum Gasteiger partial charge on any atom is 0.262 e. The van der Waals surface area contributed by atoms with Crippen LogP contribution in [0.3, 0.4) is 0 Å². The highest BCUT2D eigenvalue weighted by atomic mass is 16.5. The average molecular weight is 389 g/mol. The predicted octanol–water partition coefficient (Wildman–Crippen LogP) is 1.67. The molecule has 7 heteroatoms. The molecule has 1 aliphatic rings. The van der Waals surface area contributed by atoms with Crippen molar-refractivity contribution >= 4 is 41.3 Å². The van der Waals surface area contributed by atoms with Gasteiger partial charge in [-0.15, -0.1) is 0 Å². The lowest BCUT2D eigenvalue weighted by Crippen LogP contribution is -2.44. The predicted molar refractivity (Wildman–Crippen MR) is 117 cm³/mol. The van der Waals surface area contributed by atoms with Gasteiger partial charge in [-0.1, -0.05) is 24.3 Å². The highest BCUT2D eigenvalue weighted by Gasteiger charge is 2.34. The van der Waals surface area contributed by atoms with Crippen LogP contribution in [-0.4, -0.2) is 69.9 Å². The van der Waals surface area contributed by atoms with Gasteiger partial charge < -0.3 is 14.9 Å². The number of hydrogen-bond donors (Lipinski definition) is 1. The topological polar surface area (TPSA) is 61.9 Å². The number of benzene rings is 3. The lowest BCUT2D eigenvalue weighted by Gasteiger charge is -2.30. The minimum atomic E-state index is -0.243. The van der Waals surface area contributed by atoms with Crippen molar-refractivity contribution in [3.8, 4) is 5.75 Å². The van der Waals surface area contributed by atoms with E-state index in [0.29, 0.717) is 35.4 Å². The molecular formula is C22H24BN3O3. The summed E-state index contributed by atoms with van der Waals surface area (Å²) < 4.78 is 5.52. The van der Waals surface area contributed by atoms with Gasteiger partial charge in [-0.3, -0.25) is 14.5 Å². The third kappa shape index (κ3) is 3.26. The summed E-state index contributed by atoms with van der Waals surface area (Å²) in [6.07, 6.45) is 0. The second kappa shape index (κ2) is 7.85. The Morgan fingerprint density at radius 3 is 2.62 bits per heavy atom. The lowest BCUT2D eigenvalue weighted by atomic mass is 9.89. The molecule has 0 aliphatic carbocycles. The highest BCUT2D eigenvalue weighted by Crippen LogP contribution is 2.39. The molecule has 4 rings (SSSR count). The number of ether oxygens (including phenoxy) is 1. The zero-order valence-corrected chi connectivity index (χ0v) is 17.0. The quantitative estimate of drug-likeness (QED) is 0.379. The smallest absolute Gasteiger partial charge is 0.262 e. The number of carbonyl (C=O) groups excluding carboxylic acids is 2. The van der Waals surface area contributed by atoms with E-state index in [4.69, 9.17) is 4.74 Å². The molecule has 0 unspecified atom stereocenters. The number of rotatable bonds is 7. The normalized spacial score (nSPS) is 13.7. The summed E-state index contributed by atoms with van der Waals surface area (Å²) in [6, 6.07) is 13.4. The summed E-state index contributed by atoms with van der Waals surface area (Å²) in [5, 5.41) is 6.42. The number of imide groups is 1. The number of hydrogen-bond acceptors (Lipinski definition) is 5. The molecule has 0 fully saturated rings. The summed E-state index contributed by atoms with van der Waals surface area (Å²) in [6.45, 7) is 2.68. The van der Waals surface area contributed by atoms with Gasteiger partial charge in [0, 0.05) is 36.0 Å². The molecule has 29 heavy (non-hydrogen) atoms. The molecular weight excluding hydrogens is 365 g/mol. The number of nitrogens with one attached hydrogen (secondary N) is 1. The van der Waals surface area contributed by atoms with Crippen LogP contribution in [0.25, 0.3) is 21.5 Å². The van der Waals surface area contributed by atoms with Gasteiger partial charge in [0.25, 0.3) is 11.8 Å². The van der Waals surface area contributed by atoms with Crippen LogP contribution < -0.4 is 9.96 Å². The van der Waals surface area contributed by atoms with Crippen LogP contribution in [0, 0.1) is 0 Å². The van der Waals surface area contributed by atoms with Gasteiger partial charge in [0.15, 0.2) is 7.98 Å².